The molecule has 0 aliphatic rings. The van der Waals surface area contributed by atoms with Gasteiger partial charge in [-0.1, -0.05) is 23.7 Å². The van der Waals surface area contributed by atoms with Crippen molar-refractivity contribution in [3.8, 4) is 16.9 Å². The van der Waals surface area contributed by atoms with Gasteiger partial charge in [-0.05, 0) is 18.2 Å². The highest BCUT2D eigenvalue weighted by Gasteiger charge is 2.18. The Hall–Kier alpha value is -2.93. The molecule has 0 aliphatic heterocycles. The molecule has 2 heterocycles. The number of ether oxygens (including phenoxy) is 1. The van der Waals surface area contributed by atoms with Gasteiger partial charge < -0.3 is 4.74 Å². The standard InChI is InChI=1S/C16H13ClN4O3/c1-20-9-12(8-18-20)21-15(22)13(16(23)24-2)7-14(19-21)10-3-5-11(17)6-4-10/h3-9H,1-2H3. The Bertz CT molecular complexity index is 960. The number of methoxy groups -OCH3 is 1. The van der Waals surface area contributed by atoms with Gasteiger partial charge in [-0.15, -0.1) is 0 Å². The van der Waals surface area contributed by atoms with Crippen LogP contribution in [0.25, 0.3) is 16.9 Å². The summed E-state index contributed by atoms with van der Waals surface area (Å²) in [5.74, 6) is -0.727. The van der Waals surface area contributed by atoms with Crippen molar-refractivity contribution in [1.82, 2.24) is 19.6 Å². The van der Waals surface area contributed by atoms with E-state index in [4.69, 9.17) is 16.3 Å². The van der Waals surface area contributed by atoms with Crippen LogP contribution in [-0.2, 0) is 11.8 Å². The minimum atomic E-state index is -0.727. The van der Waals surface area contributed by atoms with Crippen LogP contribution >= 0.6 is 11.6 Å². The smallest absolute Gasteiger partial charge is 0.343 e. The first-order chi connectivity index (χ1) is 11.5. The van der Waals surface area contributed by atoms with Gasteiger partial charge in [0.1, 0.15) is 11.3 Å². The number of aromatic nitrogens is 4. The van der Waals surface area contributed by atoms with Crippen LogP contribution < -0.4 is 5.56 Å². The number of benzene rings is 1. The predicted octanol–water partition coefficient (Wildman–Crippen LogP) is 2.07. The summed E-state index contributed by atoms with van der Waals surface area (Å²) in [4.78, 5) is 24.5. The number of esters is 1. The van der Waals surface area contributed by atoms with E-state index in [0.29, 0.717) is 22.0 Å². The number of aryl methyl sites for hydroxylation is 1. The van der Waals surface area contributed by atoms with Crippen molar-refractivity contribution in [3.05, 3.63) is 63.7 Å². The summed E-state index contributed by atoms with van der Waals surface area (Å²) < 4.78 is 7.37. The second-order valence-corrected chi connectivity index (χ2v) is 5.47. The van der Waals surface area contributed by atoms with Crippen molar-refractivity contribution in [1.29, 1.82) is 0 Å². The zero-order chi connectivity index (χ0) is 17.3. The highest BCUT2D eigenvalue weighted by molar-refractivity contribution is 6.30. The van der Waals surface area contributed by atoms with Crippen LogP contribution in [0.15, 0.2) is 47.5 Å². The quantitative estimate of drug-likeness (QED) is 0.680. The molecule has 3 aromatic rings. The molecule has 0 saturated carbocycles. The molecule has 1 aromatic carbocycles. The molecule has 8 heteroatoms. The fourth-order valence-electron chi connectivity index (χ4n) is 2.21. The lowest BCUT2D eigenvalue weighted by Crippen LogP contribution is -2.28. The summed E-state index contributed by atoms with van der Waals surface area (Å²) in [6.45, 7) is 0. The molecule has 0 bridgehead atoms. The zero-order valence-corrected chi connectivity index (χ0v) is 13.7. The number of halogens is 1. The third kappa shape index (κ3) is 2.93. The number of carbonyl (C=O) groups is 1. The molecular formula is C16H13ClN4O3. The fraction of sp³-hybridized carbons (Fsp3) is 0.125. The molecule has 0 fully saturated rings. The minimum absolute atomic E-state index is 0.110. The molecule has 0 spiro atoms. The van der Waals surface area contributed by atoms with Gasteiger partial charge in [0, 0.05) is 17.6 Å². The van der Waals surface area contributed by atoms with E-state index in [1.54, 1.807) is 37.5 Å². The van der Waals surface area contributed by atoms with Gasteiger partial charge in [-0.25, -0.2) is 4.79 Å². The molecule has 2 aromatic heterocycles. The molecule has 0 amide bonds. The normalized spacial score (nSPS) is 10.6. The van der Waals surface area contributed by atoms with Gasteiger partial charge in [0.15, 0.2) is 0 Å². The minimum Gasteiger partial charge on any atom is -0.465 e. The van der Waals surface area contributed by atoms with E-state index in [0.717, 1.165) is 4.68 Å². The van der Waals surface area contributed by atoms with Crippen LogP contribution in [0.4, 0.5) is 0 Å². The first kappa shape index (κ1) is 15.9. The molecule has 0 unspecified atom stereocenters. The van der Waals surface area contributed by atoms with E-state index < -0.39 is 11.5 Å². The lowest BCUT2D eigenvalue weighted by molar-refractivity contribution is 0.0598. The monoisotopic (exact) mass is 344 g/mol. The van der Waals surface area contributed by atoms with Gasteiger partial charge in [-0.3, -0.25) is 9.48 Å². The molecule has 0 N–H and O–H groups in total. The number of carbonyl (C=O) groups excluding carboxylic acids is 1. The highest BCUT2D eigenvalue weighted by Crippen LogP contribution is 2.20. The van der Waals surface area contributed by atoms with Crippen molar-refractivity contribution < 1.29 is 9.53 Å². The predicted molar refractivity (Wildman–Crippen MR) is 88.4 cm³/mol. The molecule has 24 heavy (non-hydrogen) atoms. The lowest BCUT2D eigenvalue weighted by atomic mass is 10.1. The number of rotatable bonds is 3. The largest absolute Gasteiger partial charge is 0.465 e. The number of hydrogen-bond donors (Lipinski definition) is 0. The summed E-state index contributed by atoms with van der Waals surface area (Å²) in [7, 11) is 2.94. The van der Waals surface area contributed by atoms with Crippen molar-refractivity contribution in [2.45, 2.75) is 0 Å². The Balaban J connectivity index is 2.25. The second kappa shape index (κ2) is 6.29. The zero-order valence-electron chi connectivity index (χ0n) is 12.9. The van der Waals surface area contributed by atoms with Gasteiger partial charge in [0.2, 0.25) is 0 Å². The maximum Gasteiger partial charge on any atom is 0.343 e. The SMILES string of the molecule is COC(=O)c1cc(-c2ccc(Cl)cc2)nn(-c2cnn(C)c2)c1=O. The van der Waals surface area contributed by atoms with Crippen LogP contribution in [0.1, 0.15) is 10.4 Å². The Kier molecular flexibility index (Phi) is 4.18. The third-order valence-electron chi connectivity index (χ3n) is 3.39. The van der Waals surface area contributed by atoms with Crippen molar-refractivity contribution >= 4 is 17.6 Å². The summed E-state index contributed by atoms with van der Waals surface area (Å²) in [6.07, 6.45) is 3.11. The van der Waals surface area contributed by atoms with Crippen LogP contribution in [0.3, 0.4) is 0 Å². The molecule has 3 rings (SSSR count). The third-order valence-corrected chi connectivity index (χ3v) is 3.64. The molecular weight excluding hydrogens is 332 g/mol. The second-order valence-electron chi connectivity index (χ2n) is 5.03. The molecule has 0 radical (unpaired) electrons. The van der Waals surface area contributed by atoms with Crippen molar-refractivity contribution in [2.24, 2.45) is 7.05 Å². The van der Waals surface area contributed by atoms with Gasteiger partial charge in [0.25, 0.3) is 5.56 Å². The topological polar surface area (TPSA) is 79.0 Å². The summed E-state index contributed by atoms with van der Waals surface area (Å²) in [6, 6.07) is 8.32. The van der Waals surface area contributed by atoms with Crippen LogP contribution in [0.2, 0.25) is 5.02 Å². The number of hydrogen-bond acceptors (Lipinski definition) is 5. The molecule has 7 nitrogen and oxygen atoms in total. The average molecular weight is 345 g/mol. The van der Waals surface area contributed by atoms with E-state index in [9.17, 15) is 9.59 Å². The van der Waals surface area contributed by atoms with E-state index in [2.05, 4.69) is 10.2 Å². The summed E-state index contributed by atoms with van der Waals surface area (Å²) in [5.41, 5.74) is 0.912. The van der Waals surface area contributed by atoms with E-state index in [1.165, 1.54) is 24.1 Å². The summed E-state index contributed by atoms with van der Waals surface area (Å²) in [5, 5.41) is 8.94. The van der Waals surface area contributed by atoms with E-state index >= 15 is 0 Å². The van der Waals surface area contributed by atoms with E-state index in [-0.39, 0.29) is 5.56 Å². The van der Waals surface area contributed by atoms with Gasteiger partial charge >= 0.3 is 5.97 Å². The maximum atomic E-state index is 12.6. The Labute approximate surface area is 142 Å². The molecule has 0 saturated heterocycles. The number of nitrogens with zero attached hydrogens (tertiary/aromatic N) is 4. The van der Waals surface area contributed by atoms with E-state index in [1.807, 2.05) is 0 Å². The van der Waals surface area contributed by atoms with Crippen molar-refractivity contribution in [2.75, 3.05) is 7.11 Å². The highest BCUT2D eigenvalue weighted by atomic mass is 35.5. The summed E-state index contributed by atoms with van der Waals surface area (Å²) >= 11 is 5.90. The molecule has 0 atom stereocenters. The first-order valence-electron chi connectivity index (χ1n) is 6.97. The Morgan fingerprint density at radius 3 is 2.54 bits per heavy atom. The first-order valence-corrected chi connectivity index (χ1v) is 7.35. The fourth-order valence-corrected chi connectivity index (χ4v) is 2.33. The van der Waals surface area contributed by atoms with Crippen molar-refractivity contribution in [3.63, 3.8) is 0 Å². The van der Waals surface area contributed by atoms with Crippen LogP contribution in [-0.4, -0.2) is 32.6 Å². The van der Waals surface area contributed by atoms with Gasteiger partial charge in [0.05, 0.1) is 25.2 Å². The average Bonchev–Trinajstić information content (AvgIpc) is 3.01. The maximum absolute atomic E-state index is 12.6. The van der Waals surface area contributed by atoms with Gasteiger partial charge in [-0.2, -0.15) is 14.9 Å². The Morgan fingerprint density at radius 1 is 1.25 bits per heavy atom. The van der Waals surface area contributed by atoms with Crippen LogP contribution in [0, 0.1) is 0 Å². The Morgan fingerprint density at radius 2 is 1.96 bits per heavy atom. The molecule has 122 valence electrons. The van der Waals surface area contributed by atoms with Crippen LogP contribution in [0.5, 0.6) is 0 Å². The molecule has 0 aliphatic carbocycles. The lowest BCUT2D eigenvalue weighted by Gasteiger charge is -2.08.